The van der Waals surface area contributed by atoms with E-state index in [-0.39, 0.29) is 11.8 Å². The highest BCUT2D eigenvalue weighted by atomic mass is 16.2. The summed E-state index contributed by atoms with van der Waals surface area (Å²) in [5.74, 6) is -0.394. The molecule has 2 aromatic carbocycles. The molecule has 4 heteroatoms. The van der Waals surface area contributed by atoms with Crippen molar-refractivity contribution in [1.82, 2.24) is 4.90 Å². The van der Waals surface area contributed by atoms with E-state index in [1.165, 1.54) is 4.90 Å². The van der Waals surface area contributed by atoms with Crippen LogP contribution in [0.4, 0.5) is 5.69 Å². The van der Waals surface area contributed by atoms with Gasteiger partial charge in [-0.05, 0) is 24.3 Å². The van der Waals surface area contributed by atoms with Gasteiger partial charge in [-0.1, -0.05) is 30.3 Å². The minimum atomic E-state index is -0.197. The monoisotopic (exact) mass is 280 g/mol. The van der Waals surface area contributed by atoms with E-state index in [1.54, 1.807) is 24.3 Å². The molecule has 1 heterocycles. The average Bonchev–Trinajstić information content (AvgIpc) is 2.78. The predicted molar refractivity (Wildman–Crippen MR) is 81.5 cm³/mol. The normalized spacial score (nSPS) is 13.5. The standard InChI is InChI=1S/C17H16N2O2/c1-18(13-7-3-2-4-8-13)11-12-19-16(20)14-9-5-6-10-15(14)17(19)21/h2-10H,11-12H2,1H3. The number of rotatable bonds is 4. The van der Waals surface area contributed by atoms with Crippen molar-refractivity contribution in [2.24, 2.45) is 0 Å². The van der Waals surface area contributed by atoms with Crippen molar-refractivity contribution in [3.63, 3.8) is 0 Å². The third kappa shape index (κ3) is 2.40. The molecule has 0 bridgehead atoms. The quantitative estimate of drug-likeness (QED) is 0.808. The van der Waals surface area contributed by atoms with Crippen molar-refractivity contribution in [1.29, 1.82) is 0 Å². The summed E-state index contributed by atoms with van der Waals surface area (Å²) in [6, 6.07) is 16.9. The third-order valence-corrected chi connectivity index (χ3v) is 3.73. The molecular weight excluding hydrogens is 264 g/mol. The summed E-state index contributed by atoms with van der Waals surface area (Å²) in [7, 11) is 1.95. The van der Waals surface area contributed by atoms with Crippen molar-refractivity contribution in [3.8, 4) is 0 Å². The summed E-state index contributed by atoms with van der Waals surface area (Å²) < 4.78 is 0. The lowest BCUT2D eigenvalue weighted by molar-refractivity contribution is 0.0658. The van der Waals surface area contributed by atoms with Gasteiger partial charge in [0, 0.05) is 25.8 Å². The lowest BCUT2D eigenvalue weighted by Crippen LogP contribution is -2.37. The van der Waals surface area contributed by atoms with Crippen LogP contribution < -0.4 is 4.90 Å². The van der Waals surface area contributed by atoms with E-state index in [0.717, 1.165) is 5.69 Å². The number of hydrogen-bond acceptors (Lipinski definition) is 3. The van der Waals surface area contributed by atoms with Gasteiger partial charge in [0.25, 0.3) is 11.8 Å². The Morgan fingerprint density at radius 2 is 1.38 bits per heavy atom. The number of para-hydroxylation sites is 1. The maximum Gasteiger partial charge on any atom is 0.261 e. The number of hydrogen-bond donors (Lipinski definition) is 0. The van der Waals surface area contributed by atoms with Gasteiger partial charge in [0.05, 0.1) is 11.1 Å². The number of amides is 2. The summed E-state index contributed by atoms with van der Waals surface area (Å²) in [4.78, 5) is 27.8. The second-order valence-corrected chi connectivity index (χ2v) is 5.06. The van der Waals surface area contributed by atoms with Crippen molar-refractivity contribution < 1.29 is 9.59 Å². The zero-order valence-corrected chi connectivity index (χ0v) is 11.8. The zero-order chi connectivity index (χ0) is 14.8. The van der Waals surface area contributed by atoms with Crippen LogP contribution in [0.3, 0.4) is 0 Å². The first kappa shape index (κ1) is 13.4. The predicted octanol–water partition coefficient (Wildman–Crippen LogP) is 2.42. The van der Waals surface area contributed by atoms with Gasteiger partial charge < -0.3 is 4.90 Å². The number of imide groups is 1. The number of anilines is 1. The highest BCUT2D eigenvalue weighted by Crippen LogP contribution is 2.22. The molecule has 0 unspecified atom stereocenters. The largest absolute Gasteiger partial charge is 0.373 e. The zero-order valence-electron chi connectivity index (χ0n) is 11.8. The SMILES string of the molecule is CN(CCN1C(=O)c2ccccc2C1=O)c1ccccc1. The fourth-order valence-electron chi connectivity index (χ4n) is 2.50. The van der Waals surface area contributed by atoms with E-state index < -0.39 is 0 Å². The number of fused-ring (bicyclic) bond motifs is 1. The van der Waals surface area contributed by atoms with Crippen molar-refractivity contribution in [2.45, 2.75) is 0 Å². The number of nitrogens with zero attached hydrogens (tertiary/aromatic N) is 2. The van der Waals surface area contributed by atoms with E-state index in [4.69, 9.17) is 0 Å². The Hall–Kier alpha value is -2.62. The summed E-state index contributed by atoms with van der Waals surface area (Å²) in [5.41, 5.74) is 2.07. The first-order valence-electron chi connectivity index (χ1n) is 6.90. The van der Waals surface area contributed by atoms with Crippen LogP contribution in [-0.2, 0) is 0 Å². The Labute approximate surface area is 123 Å². The minimum Gasteiger partial charge on any atom is -0.373 e. The smallest absolute Gasteiger partial charge is 0.261 e. The molecule has 1 aliphatic rings. The molecule has 0 fully saturated rings. The fraction of sp³-hybridized carbons (Fsp3) is 0.176. The molecule has 0 aromatic heterocycles. The molecule has 0 saturated heterocycles. The van der Waals surface area contributed by atoms with E-state index >= 15 is 0 Å². The Morgan fingerprint density at radius 3 is 1.95 bits per heavy atom. The van der Waals surface area contributed by atoms with Gasteiger partial charge in [-0.3, -0.25) is 14.5 Å². The van der Waals surface area contributed by atoms with E-state index in [2.05, 4.69) is 0 Å². The topological polar surface area (TPSA) is 40.6 Å². The lowest BCUT2D eigenvalue weighted by atomic mass is 10.1. The first-order valence-corrected chi connectivity index (χ1v) is 6.90. The van der Waals surface area contributed by atoms with E-state index in [0.29, 0.717) is 24.2 Å². The fourth-order valence-corrected chi connectivity index (χ4v) is 2.50. The van der Waals surface area contributed by atoms with E-state index in [9.17, 15) is 9.59 Å². The molecule has 3 rings (SSSR count). The maximum atomic E-state index is 12.2. The minimum absolute atomic E-state index is 0.197. The van der Waals surface area contributed by atoms with Crippen LogP contribution in [0.2, 0.25) is 0 Å². The van der Waals surface area contributed by atoms with Gasteiger partial charge in [0.2, 0.25) is 0 Å². The lowest BCUT2D eigenvalue weighted by Gasteiger charge is -2.22. The molecule has 1 aliphatic heterocycles. The molecule has 2 aromatic rings. The summed E-state index contributed by atoms with van der Waals surface area (Å²) in [5, 5.41) is 0. The van der Waals surface area contributed by atoms with Gasteiger partial charge in [-0.15, -0.1) is 0 Å². The van der Waals surface area contributed by atoms with Crippen LogP contribution in [0.15, 0.2) is 54.6 Å². The molecule has 106 valence electrons. The van der Waals surface area contributed by atoms with Crippen LogP contribution in [-0.4, -0.2) is 36.9 Å². The van der Waals surface area contributed by atoms with Crippen LogP contribution in [0.1, 0.15) is 20.7 Å². The van der Waals surface area contributed by atoms with Crippen molar-refractivity contribution in [3.05, 3.63) is 65.7 Å². The molecule has 0 atom stereocenters. The van der Waals surface area contributed by atoms with E-state index in [1.807, 2.05) is 42.3 Å². The highest BCUT2D eigenvalue weighted by Gasteiger charge is 2.34. The summed E-state index contributed by atoms with van der Waals surface area (Å²) in [6.45, 7) is 0.993. The van der Waals surface area contributed by atoms with Crippen LogP contribution >= 0.6 is 0 Å². The van der Waals surface area contributed by atoms with Gasteiger partial charge in [0.1, 0.15) is 0 Å². The summed E-state index contributed by atoms with van der Waals surface area (Å²) in [6.07, 6.45) is 0. The number of carbonyl (C=O) groups is 2. The molecule has 4 nitrogen and oxygen atoms in total. The first-order chi connectivity index (χ1) is 10.2. The van der Waals surface area contributed by atoms with Gasteiger partial charge in [0.15, 0.2) is 0 Å². The molecule has 0 radical (unpaired) electrons. The van der Waals surface area contributed by atoms with Crippen LogP contribution in [0.5, 0.6) is 0 Å². The highest BCUT2D eigenvalue weighted by molar-refractivity contribution is 6.21. The second-order valence-electron chi connectivity index (χ2n) is 5.06. The maximum absolute atomic E-state index is 12.2. The average molecular weight is 280 g/mol. The van der Waals surface area contributed by atoms with Gasteiger partial charge in [-0.25, -0.2) is 0 Å². The molecular formula is C17H16N2O2. The van der Waals surface area contributed by atoms with Gasteiger partial charge >= 0.3 is 0 Å². The van der Waals surface area contributed by atoms with Gasteiger partial charge in [-0.2, -0.15) is 0 Å². The number of carbonyl (C=O) groups excluding carboxylic acids is 2. The third-order valence-electron chi connectivity index (χ3n) is 3.73. The molecule has 2 amide bonds. The van der Waals surface area contributed by atoms with Crippen LogP contribution in [0, 0.1) is 0 Å². The molecule has 0 spiro atoms. The number of benzene rings is 2. The molecule has 0 N–H and O–H groups in total. The molecule has 0 saturated carbocycles. The Bertz CT molecular complexity index is 647. The summed E-state index contributed by atoms with van der Waals surface area (Å²) >= 11 is 0. The Morgan fingerprint density at radius 1 is 0.857 bits per heavy atom. The number of likely N-dealkylation sites (N-methyl/N-ethyl adjacent to an activating group) is 1. The second kappa shape index (κ2) is 5.40. The molecule has 21 heavy (non-hydrogen) atoms. The van der Waals surface area contributed by atoms with Crippen LogP contribution in [0.25, 0.3) is 0 Å². The molecule has 0 aliphatic carbocycles. The van der Waals surface area contributed by atoms with Crippen molar-refractivity contribution in [2.75, 3.05) is 25.0 Å². The van der Waals surface area contributed by atoms with Crippen molar-refractivity contribution >= 4 is 17.5 Å². The Kier molecular flexibility index (Phi) is 3.44. The Balaban J connectivity index is 1.70.